The second-order valence-corrected chi connectivity index (χ2v) is 4.84. The molecule has 0 bridgehead atoms. The van der Waals surface area contributed by atoms with E-state index >= 15 is 0 Å². The van der Waals surface area contributed by atoms with Crippen molar-refractivity contribution in [2.45, 2.75) is 31.9 Å². The van der Waals surface area contributed by atoms with Crippen molar-refractivity contribution in [3.63, 3.8) is 0 Å². The van der Waals surface area contributed by atoms with Crippen LogP contribution in [0.25, 0.3) is 0 Å². The predicted octanol–water partition coefficient (Wildman–Crippen LogP) is 2.67. The molecule has 0 saturated heterocycles. The normalized spacial score (nSPS) is 14.1. The van der Waals surface area contributed by atoms with Crippen LogP contribution in [-0.2, 0) is 14.2 Å². The fourth-order valence-electron chi connectivity index (χ4n) is 2.01. The molecule has 1 aromatic carbocycles. The first-order valence-electron chi connectivity index (χ1n) is 7.39. The van der Waals surface area contributed by atoms with Crippen molar-refractivity contribution in [2.24, 2.45) is 5.73 Å². The molecule has 1 aromatic rings. The average Bonchev–Trinajstić information content (AvgIpc) is 2.50. The zero-order valence-electron chi connectivity index (χ0n) is 12.9. The van der Waals surface area contributed by atoms with E-state index in [9.17, 15) is 4.39 Å². The van der Waals surface area contributed by atoms with Crippen LogP contribution in [0.4, 0.5) is 4.39 Å². The van der Waals surface area contributed by atoms with Gasteiger partial charge in [0.1, 0.15) is 11.9 Å². The molecule has 5 heteroatoms. The highest BCUT2D eigenvalue weighted by Crippen LogP contribution is 2.24. The molecule has 0 aliphatic heterocycles. The number of ether oxygens (including phenoxy) is 3. The Bertz CT molecular complexity index is 390. The van der Waals surface area contributed by atoms with Crippen molar-refractivity contribution < 1.29 is 18.6 Å². The molecule has 1 rings (SSSR count). The van der Waals surface area contributed by atoms with Crippen molar-refractivity contribution in [3.05, 3.63) is 35.6 Å². The summed E-state index contributed by atoms with van der Waals surface area (Å²) in [5, 5.41) is 0. The standard InChI is InChI=1S/C16H26FNO3/c1-3-15(18)16(13-7-4-5-8-14(13)17)21-12-11-20-10-6-9-19-2/h4-5,7-8,15-16H,3,6,9-12,18H2,1-2H3. The van der Waals surface area contributed by atoms with Gasteiger partial charge in [-0.1, -0.05) is 25.1 Å². The summed E-state index contributed by atoms with van der Waals surface area (Å²) in [5.41, 5.74) is 6.56. The molecule has 2 unspecified atom stereocenters. The lowest BCUT2D eigenvalue weighted by molar-refractivity contribution is -0.0118. The molecular weight excluding hydrogens is 273 g/mol. The number of methoxy groups -OCH3 is 1. The summed E-state index contributed by atoms with van der Waals surface area (Å²) in [5.74, 6) is -0.285. The van der Waals surface area contributed by atoms with Crippen LogP contribution in [0.3, 0.4) is 0 Å². The Morgan fingerprint density at radius 2 is 1.90 bits per heavy atom. The number of rotatable bonds is 11. The largest absolute Gasteiger partial charge is 0.385 e. The van der Waals surface area contributed by atoms with Crippen molar-refractivity contribution in [1.29, 1.82) is 0 Å². The van der Waals surface area contributed by atoms with Crippen LogP contribution >= 0.6 is 0 Å². The van der Waals surface area contributed by atoms with Crippen LogP contribution in [0.2, 0.25) is 0 Å². The zero-order chi connectivity index (χ0) is 15.5. The van der Waals surface area contributed by atoms with E-state index in [4.69, 9.17) is 19.9 Å². The topological polar surface area (TPSA) is 53.7 Å². The Morgan fingerprint density at radius 3 is 2.57 bits per heavy atom. The molecule has 0 aromatic heterocycles. The third-order valence-corrected chi connectivity index (χ3v) is 3.23. The molecule has 0 fully saturated rings. The highest BCUT2D eigenvalue weighted by atomic mass is 19.1. The number of halogens is 1. The van der Waals surface area contributed by atoms with Gasteiger partial charge in [-0.25, -0.2) is 4.39 Å². The molecule has 0 radical (unpaired) electrons. The second-order valence-electron chi connectivity index (χ2n) is 4.84. The summed E-state index contributed by atoms with van der Waals surface area (Å²) >= 11 is 0. The van der Waals surface area contributed by atoms with Crippen molar-refractivity contribution >= 4 is 0 Å². The number of benzene rings is 1. The second kappa shape index (κ2) is 10.7. The van der Waals surface area contributed by atoms with Gasteiger partial charge in [0, 0.05) is 31.9 Å². The third kappa shape index (κ3) is 6.52. The number of hydrogen-bond donors (Lipinski definition) is 1. The van der Waals surface area contributed by atoms with Gasteiger partial charge in [0.25, 0.3) is 0 Å². The molecule has 0 aliphatic carbocycles. The Hall–Kier alpha value is -1.01. The molecule has 0 heterocycles. The Balaban J connectivity index is 2.43. The van der Waals surface area contributed by atoms with Crippen molar-refractivity contribution in [2.75, 3.05) is 33.5 Å². The fourth-order valence-corrected chi connectivity index (χ4v) is 2.01. The molecular formula is C16H26FNO3. The molecule has 4 nitrogen and oxygen atoms in total. The Morgan fingerprint density at radius 1 is 1.14 bits per heavy atom. The minimum Gasteiger partial charge on any atom is -0.385 e. The van der Waals surface area contributed by atoms with E-state index in [0.29, 0.717) is 38.4 Å². The number of hydrogen-bond acceptors (Lipinski definition) is 4. The quantitative estimate of drug-likeness (QED) is 0.638. The molecule has 2 N–H and O–H groups in total. The molecule has 21 heavy (non-hydrogen) atoms. The fraction of sp³-hybridized carbons (Fsp3) is 0.625. The molecule has 0 amide bonds. The lowest BCUT2D eigenvalue weighted by Gasteiger charge is -2.24. The maximum absolute atomic E-state index is 13.9. The van der Waals surface area contributed by atoms with Crippen LogP contribution < -0.4 is 5.73 Å². The lowest BCUT2D eigenvalue weighted by Crippen LogP contribution is -2.31. The summed E-state index contributed by atoms with van der Waals surface area (Å²) in [6.45, 7) is 4.12. The van der Waals surface area contributed by atoms with E-state index in [0.717, 1.165) is 6.42 Å². The third-order valence-electron chi connectivity index (χ3n) is 3.23. The first-order chi connectivity index (χ1) is 10.2. The summed E-state index contributed by atoms with van der Waals surface area (Å²) in [6.07, 6.45) is 1.12. The van der Waals surface area contributed by atoms with E-state index in [1.54, 1.807) is 25.3 Å². The van der Waals surface area contributed by atoms with Gasteiger partial charge < -0.3 is 19.9 Å². The number of nitrogens with two attached hydrogens (primary N) is 1. The zero-order valence-corrected chi connectivity index (χ0v) is 12.9. The summed E-state index contributed by atoms with van der Waals surface area (Å²) in [7, 11) is 1.66. The van der Waals surface area contributed by atoms with E-state index in [1.807, 2.05) is 6.92 Å². The maximum Gasteiger partial charge on any atom is 0.129 e. The van der Waals surface area contributed by atoms with Crippen LogP contribution in [0.5, 0.6) is 0 Å². The first-order valence-corrected chi connectivity index (χ1v) is 7.39. The SMILES string of the molecule is CCC(N)C(OCCOCCCOC)c1ccccc1F. The Labute approximate surface area is 126 Å². The predicted molar refractivity (Wildman–Crippen MR) is 80.7 cm³/mol. The van der Waals surface area contributed by atoms with E-state index in [2.05, 4.69) is 0 Å². The monoisotopic (exact) mass is 299 g/mol. The van der Waals surface area contributed by atoms with Crippen molar-refractivity contribution in [3.8, 4) is 0 Å². The van der Waals surface area contributed by atoms with Crippen LogP contribution in [0.1, 0.15) is 31.4 Å². The minimum atomic E-state index is -0.446. The summed E-state index contributed by atoms with van der Waals surface area (Å²) in [6, 6.07) is 6.35. The van der Waals surface area contributed by atoms with Crippen LogP contribution in [-0.4, -0.2) is 39.6 Å². The van der Waals surface area contributed by atoms with Gasteiger partial charge in [0.15, 0.2) is 0 Å². The van der Waals surface area contributed by atoms with Gasteiger partial charge in [0.2, 0.25) is 0 Å². The molecule has 0 spiro atoms. The van der Waals surface area contributed by atoms with Gasteiger partial charge in [0.05, 0.1) is 13.2 Å². The van der Waals surface area contributed by atoms with Gasteiger partial charge >= 0.3 is 0 Å². The molecule has 0 saturated carbocycles. The van der Waals surface area contributed by atoms with Crippen LogP contribution in [0, 0.1) is 5.82 Å². The summed E-state index contributed by atoms with van der Waals surface area (Å²) in [4.78, 5) is 0. The average molecular weight is 299 g/mol. The van der Waals surface area contributed by atoms with E-state index in [1.165, 1.54) is 6.07 Å². The van der Waals surface area contributed by atoms with Gasteiger partial charge in [-0.15, -0.1) is 0 Å². The first kappa shape index (κ1) is 18.0. The van der Waals surface area contributed by atoms with E-state index in [-0.39, 0.29) is 11.9 Å². The highest BCUT2D eigenvalue weighted by molar-refractivity contribution is 5.21. The smallest absolute Gasteiger partial charge is 0.129 e. The van der Waals surface area contributed by atoms with Crippen LogP contribution in [0.15, 0.2) is 24.3 Å². The van der Waals surface area contributed by atoms with Crippen molar-refractivity contribution in [1.82, 2.24) is 0 Å². The highest BCUT2D eigenvalue weighted by Gasteiger charge is 2.22. The molecule has 2 atom stereocenters. The van der Waals surface area contributed by atoms with Gasteiger partial charge in [-0.05, 0) is 18.9 Å². The maximum atomic E-state index is 13.9. The minimum absolute atomic E-state index is 0.240. The van der Waals surface area contributed by atoms with Gasteiger partial charge in [-0.3, -0.25) is 0 Å². The molecule has 120 valence electrons. The van der Waals surface area contributed by atoms with Gasteiger partial charge in [-0.2, -0.15) is 0 Å². The van der Waals surface area contributed by atoms with E-state index < -0.39 is 6.10 Å². The summed E-state index contributed by atoms with van der Waals surface area (Å²) < 4.78 is 30.0. The lowest BCUT2D eigenvalue weighted by atomic mass is 10.0. The molecule has 0 aliphatic rings. The Kier molecular flexibility index (Phi) is 9.17.